The van der Waals surface area contributed by atoms with Gasteiger partial charge in [0, 0.05) is 26.4 Å². The molecular weight excluding hydrogens is 274 g/mol. The molecule has 0 aliphatic carbocycles. The van der Waals surface area contributed by atoms with E-state index in [0.29, 0.717) is 0 Å². The molecule has 2 aromatic rings. The van der Waals surface area contributed by atoms with Crippen LogP contribution in [0.5, 0.6) is 0 Å². The lowest BCUT2D eigenvalue weighted by atomic mass is 10.3. The van der Waals surface area contributed by atoms with Gasteiger partial charge in [0.25, 0.3) is 0 Å². The molecule has 108 valence electrons. The number of hydrogen-bond acceptors (Lipinski definition) is 4. The molecular formula is C13H19N5OS. The summed E-state index contributed by atoms with van der Waals surface area (Å²) in [6.45, 7) is 0.877. The zero-order valence-corrected chi connectivity index (χ0v) is 12.5. The Hall–Kier alpha value is -1.89. The Bertz CT molecular complexity index is 538. The number of carbonyl (C=O) groups excluding carboxylic acids is 1. The minimum atomic E-state index is -0.166. The van der Waals surface area contributed by atoms with Crippen LogP contribution in [0.25, 0.3) is 11.0 Å². The van der Waals surface area contributed by atoms with Crippen LogP contribution < -0.4 is 14.9 Å². The van der Waals surface area contributed by atoms with E-state index in [0.717, 1.165) is 35.7 Å². The van der Waals surface area contributed by atoms with E-state index in [2.05, 4.69) is 24.9 Å². The van der Waals surface area contributed by atoms with Gasteiger partial charge in [-0.25, -0.2) is 9.78 Å². The van der Waals surface area contributed by atoms with E-state index in [1.54, 1.807) is 7.05 Å². The molecule has 2 amide bonds. The van der Waals surface area contributed by atoms with Crippen molar-refractivity contribution in [2.24, 2.45) is 0 Å². The second-order valence-electron chi connectivity index (χ2n) is 4.38. The molecule has 7 heteroatoms. The third-order valence-electron chi connectivity index (χ3n) is 2.87. The van der Waals surface area contributed by atoms with Crippen LogP contribution in [0.15, 0.2) is 24.3 Å². The first-order valence-corrected chi connectivity index (χ1v) is 7.44. The molecule has 3 N–H and O–H groups in total. The minimum Gasteiger partial charge on any atom is -0.345 e. The molecule has 1 aromatic carbocycles. The van der Waals surface area contributed by atoms with Crippen molar-refractivity contribution >= 4 is 35.0 Å². The SMILES string of the molecule is CNC(=O)NSCCCN(C)c1nc2ccccc2[nH]1. The summed E-state index contributed by atoms with van der Waals surface area (Å²) in [5, 5.41) is 2.51. The molecule has 0 saturated carbocycles. The normalized spacial score (nSPS) is 10.5. The maximum atomic E-state index is 11.0. The summed E-state index contributed by atoms with van der Waals surface area (Å²) in [5.74, 6) is 1.73. The molecule has 0 saturated heterocycles. The Morgan fingerprint density at radius 1 is 1.45 bits per heavy atom. The second kappa shape index (κ2) is 7.04. The van der Waals surface area contributed by atoms with E-state index in [9.17, 15) is 4.79 Å². The number of H-pyrrole nitrogens is 1. The molecule has 6 nitrogen and oxygen atoms in total. The van der Waals surface area contributed by atoms with Crippen molar-refractivity contribution in [1.82, 2.24) is 20.0 Å². The van der Waals surface area contributed by atoms with Crippen molar-refractivity contribution in [1.29, 1.82) is 0 Å². The maximum Gasteiger partial charge on any atom is 0.324 e. The van der Waals surface area contributed by atoms with Crippen molar-refractivity contribution in [3.8, 4) is 0 Å². The highest BCUT2D eigenvalue weighted by atomic mass is 32.2. The molecule has 1 aromatic heterocycles. The fourth-order valence-corrected chi connectivity index (χ4v) is 2.38. The lowest BCUT2D eigenvalue weighted by Crippen LogP contribution is -2.28. The number of aromatic amines is 1. The summed E-state index contributed by atoms with van der Waals surface area (Å²) in [7, 11) is 3.61. The first-order chi connectivity index (χ1) is 9.70. The van der Waals surface area contributed by atoms with Crippen LogP contribution in [0.4, 0.5) is 10.7 Å². The number of imidazole rings is 1. The van der Waals surface area contributed by atoms with Crippen LogP contribution in [0.1, 0.15) is 6.42 Å². The number of nitrogens with zero attached hydrogens (tertiary/aromatic N) is 2. The van der Waals surface area contributed by atoms with Crippen LogP contribution in [0.2, 0.25) is 0 Å². The second-order valence-corrected chi connectivity index (χ2v) is 5.28. The van der Waals surface area contributed by atoms with Crippen molar-refractivity contribution in [3.63, 3.8) is 0 Å². The Balaban J connectivity index is 1.77. The first-order valence-electron chi connectivity index (χ1n) is 6.46. The monoisotopic (exact) mass is 293 g/mol. The molecule has 2 rings (SSSR count). The number of anilines is 1. The number of carbonyl (C=O) groups is 1. The molecule has 0 radical (unpaired) electrons. The van der Waals surface area contributed by atoms with Crippen molar-refractivity contribution in [3.05, 3.63) is 24.3 Å². The topological polar surface area (TPSA) is 73.1 Å². The van der Waals surface area contributed by atoms with E-state index in [1.165, 1.54) is 11.9 Å². The summed E-state index contributed by atoms with van der Waals surface area (Å²) in [6.07, 6.45) is 0.961. The standard InChI is InChI=1S/C13H19N5OS/c1-14-13(19)17-20-9-5-8-18(2)12-15-10-6-3-4-7-11(10)16-12/h3-4,6-7H,5,8-9H2,1-2H3,(H,15,16)(H2,14,17,19). The van der Waals surface area contributed by atoms with Gasteiger partial charge in [-0.1, -0.05) is 12.1 Å². The molecule has 0 aliphatic heterocycles. The van der Waals surface area contributed by atoms with E-state index >= 15 is 0 Å². The van der Waals surface area contributed by atoms with E-state index < -0.39 is 0 Å². The molecule has 1 heterocycles. The molecule has 0 bridgehead atoms. The van der Waals surface area contributed by atoms with E-state index in [4.69, 9.17) is 0 Å². The quantitative estimate of drug-likeness (QED) is 0.562. The fraction of sp³-hybridized carbons (Fsp3) is 0.385. The molecule has 0 unspecified atom stereocenters. The Labute approximate surface area is 122 Å². The molecule has 0 fully saturated rings. The van der Waals surface area contributed by atoms with Gasteiger partial charge in [-0.2, -0.15) is 0 Å². The summed E-state index contributed by atoms with van der Waals surface area (Å²) in [4.78, 5) is 20.9. The van der Waals surface area contributed by atoms with Gasteiger partial charge >= 0.3 is 6.03 Å². The highest BCUT2D eigenvalue weighted by molar-refractivity contribution is 7.97. The summed E-state index contributed by atoms with van der Waals surface area (Å²) < 4.78 is 2.69. The lowest BCUT2D eigenvalue weighted by Gasteiger charge is -2.15. The largest absolute Gasteiger partial charge is 0.345 e. The van der Waals surface area contributed by atoms with Crippen molar-refractivity contribution in [2.45, 2.75) is 6.42 Å². The van der Waals surface area contributed by atoms with Crippen molar-refractivity contribution < 1.29 is 4.79 Å². The number of benzene rings is 1. The molecule has 0 spiro atoms. The van der Waals surface area contributed by atoms with Gasteiger partial charge in [0.15, 0.2) is 0 Å². The van der Waals surface area contributed by atoms with Gasteiger partial charge in [-0.05, 0) is 30.5 Å². The number of hydrogen-bond donors (Lipinski definition) is 3. The highest BCUT2D eigenvalue weighted by Crippen LogP contribution is 2.16. The summed E-state index contributed by atoms with van der Waals surface area (Å²) in [5.41, 5.74) is 2.02. The number of amides is 2. The number of urea groups is 1. The van der Waals surface area contributed by atoms with Gasteiger partial charge in [-0.15, -0.1) is 0 Å². The third-order valence-corrected chi connectivity index (χ3v) is 3.69. The third kappa shape index (κ3) is 3.80. The van der Waals surface area contributed by atoms with Crippen molar-refractivity contribution in [2.75, 3.05) is 31.3 Å². The number of para-hydroxylation sites is 2. The van der Waals surface area contributed by atoms with Crippen LogP contribution >= 0.6 is 11.9 Å². The Kier molecular flexibility index (Phi) is 5.11. The zero-order chi connectivity index (χ0) is 14.4. The number of fused-ring (bicyclic) bond motifs is 1. The zero-order valence-electron chi connectivity index (χ0n) is 11.6. The summed E-state index contributed by atoms with van der Waals surface area (Å²) >= 11 is 1.41. The maximum absolute atomic E-state index is 11.0. The smallest absolute Gasteiger partial charge is 0.324 e. The molecule has 0 aliphatic rings. The lowest BCUT2D eigenvalue weighted by molar-refractivity contribution is 0.248. The van der Waals surface area contributed by atoms with Crippen LogP contribution in [-0.2, 0) is 0 Å². The predicted octanol–water partition coefficient (Wildman–Crippen LogP) is 1.97. The number of aromatic nitrogens is 2. The number of nitrogens with one attached hydrogen (secondary N) is 3. The average Bonchev–Trinajstić information content (AvgIpc) is 2.90. The number of rotatable bonds is 6. The summed E-state index contributed by atoms with van der Waals surface area (Å²) in [6, 6.07) is 7.81. The Morgan fingerprint density at radius 3 is 3.00 bits per heavy atom. The predicted molar refractivity (Wildman–Crippen MR) is 84.0 cm³/mol. The van der Waals surface area contributed by atoms with Gasteiger partial charge < -0.3 is 15.2 Å². The van der Waals surface area contributed by atoms with Gasteiger partial charge in [-0.3, -0.25) is 4.72 Å². The van der Waals surface area contributed by atoms with Gasteiger partial charge in [0.1, 0.15) is 0 Å². The highest BCUT2D eigenvalue weighted by Gasteiger charge is 2.06. The van der Waals surface area contributed by atoms with Crippen LogP contribution in [0, 0.1) is 0 Å². The minimum absolute atomic E-state index is 0.166. The van der Waals surface area contributed by atoms with Gasteiger partial charge in [0.05, 0.1) is 11.0 Å². The molecule has 20 heavy (non-hydrogen) atoms. The average molecular weight is 293 g/mol. The van der Waals surface area contributed by atoms with E-state index in [-0.39, 0.29) is 6.03 Å². The first kappa shape index (κ1) is 14.5. The van der Waals surface area contributed by atoms with Crippen LogP contribution in [0.3, 0.4) is 0 Å². The fourth-order valence-electron chi connectivity index (χ4n) is 1.77. The Morgan fingerprint density at radius 2 is 2.25 bits per heavy atom. The molecule has 0 atom stereocenters. The van der Waals surface area contributed by atoms with Gasteiger partial charge in [0.2, 0.25) is 5.95 Å². The van der Waals surface area contributed by atoms with Crippen LogP contribution in [-0.4, -0.2) is 42.4 Å². The van der Waals surface area contributed by atoms with E-state index in [1.807, 2.05) is 31.3 Å².